The maximum Gasteiger partial charge on any atom is 0.205 e. The number of ether oxygens (including phenoxy) is 1. The molecule has 2 aromatic rings. The SMILES string of the molecule is CC(C)(C)c1ccc2oc(C3(C)COCC3N)nc2c1. The Morgan fingerprint density at radius 1 is 1.35 bits per heavy atom. The molecule has 1 aromatic heterocycles. The molecule has 2 N–H and O–H groups in total. The second-order valence-electron chi connectivity index (χ2n) is 6.99. The second kappa shape index (κ2) is 4.30. The quantitative estimate of drug-likeness (QED) is 0.868. The van der Waals surface area contributed by atoms with Crippen molar-refractivity contribution in [1.82, 2.24) is 4.98 Å². The van der Waals surface area contributed by atoms with E-state index in [1.54, 1.807) is 0 Å². The van der Waals surface area contributed by atoms with Crippen LogP contribution in [0.25, 0.3) is 11.1 Å². The van der Waals surface area contributed by atoms with Crippen LogP contribution >= 0.6 is 0 Å². The minimum Gasteiger partial charge on any atom is -0.440 e. The van der Waals surface area contributed by atoms with Crippen LogP contribution in [0.2, 0.25) is 0 Å². The van der Waals surface area contributed by atoms with Crippen LogP contribution in [-0.4, -0.2) is 24.2 Å². The maximum atomic E-state index is 6.14. The van der Waals surface area contributed by atoms with Crippen molar-refractivity contribution in [3.8, 4) is 0 Å². The summed E-state index contributed by atoms with van der Waals surface area (Å²) in [5.74, 6) is 0.684. The van der Waals surface area contributed by atoms with Gasteiger partial charge in [0, 0.05) is 6.04 Å². The monoisotopic (exact) mass is 274 g/mol. The number of nitrogens with zero attached hydrogens (tertiary/aromatic N) is 1. The lowest BCUT2D eigenvalue weighted by Crippen LogP contribution is -2.42. The van der Waals surface area contributed by atoms with E-state index in [1.165, 1.54) is 5.56 Å². The number of hydrogen-bond acceptors (Lipinski definition) is 4. The molecule has 3 rings (SSSR count). The highest BCUT2D eigenvalue weighted by Gasteiger charge is 2.43. The first-order chi connectivity index (χ1) is 9.30. The third-order valence-electron chi connectivity index (χ3n) is 4.26. The molecular formula is C16H22N2O2. The highest BCUT2D eigenvalue weighted by molar-refractivity contribution is 5.74. The van der Waals surface area contributed by atoms with Gasteiger partial charge in [0.25, 0.3) is 0 Å². The molecule has 0 radical (unpaired) electrons. The number of fused-ring (bicyclic) bond motifs is 1. The topological polar surface area (TPSA) is 61.3 Å². The molecule has 1 aliphatic rings. The lowest BCUT2D eigenvalue weighted by Gasteiger charge is -2.22. The van der Waals surface area contributed by atoms with Crippen molar-refractivity contribution >= 4 is 11.1 Å². The Morgan fingerprint density at radius 3 is 2.70 bits per heavy atom. The van der Waals surface area contributed by atoms with E-state index in [4.69, 9.17) is 14.9 Å². The number of benzene rings is 1. The van der Waals surface area contributed by atoms with E-state index in [1.807, 2.05) is 6.07 Å². The van der Waals surface area contributed by atoms with Crippen molar-refractivity contribution in [2.75, 3.05) is 13.2 Å². The largest absolute Gasteiger partial charge is 0.440 e. The first kappa shape index (κ1) is 13.6. The lowest BCUT2D eigenvalue weighted by atomic mass is 9.86. The summed E-state index contributed by atoms with van der Waals surface area (Å²) < 4.78 is 11.4. The minimum absolute atomic E-state index is 0.0716. The van der Waals surface area contributed by atoms with Crippen LogP contribution in [0.5, 0.6) is 0 Å². The Labute approximate surface area is 119 Å². The lowest BCUT2D eigenvalue weighted by molar-refractivity contribution is 0.173. The van der Waals surface area contributed by atoms with Gasteiger partial charge < -0.3 is 14.9 Å². The van der Waals surface area contributed by atoms with Gasteiger partial charge in [-0.2, -0.15) is 0 Å². The third kappa shape index (κ3) is 2.03. The van der Waals surface area contributed by atoms with E-state index in [-0.39, 0.29) is 16.9 Å². The smallest absolute Gasteiger partial charge is 0.205 e. The third-order valence-corrected chi connectivity index (χ3v) is 4.26. The number of aromatic nitrogens is 1. The first-order valence-electron chi connectivity index (χ1n) is 7.05. The molecule has 20 heavy (non-hydrogen) atoms. The van der Waals surface area contributed by atoms with Crippen LogP contribution in [-0.2, 0) is 15.6 Å². The van der Waals surface area contributed by atoms with Crippen molar-refractivity contribution in [3.05, 3.63) is 29.7 Å². The molecule has 2 atom stereocenters. The number of hydrogen-bond donors (Lipinski definition) is 1. The van der Waals surface area contributed by atoms with E-state index in [9.17, 15) is 0 Å². The fraction of sp³-hybridized carbons (Fsp3) is 0.562. The van der Waals surface area contributed by atoms with Gasteiger partial charge in [0.15, 0.2) is 5.58 Å². The highest BCUT2D eigenvalue weighted by Crippen LogP contribution is 2.34. The zero-order valence-electron chi connectivity index (χ0n) is 12.6. The van der Waals surface area contributed by atoms with Crippen LogP contribution in [0.1, 0.15) is 39.1 Å². The van der Waals surface area contributed by atoms with Crippen LogP contribution in [0.15, 0.2) is 22.6 Å². The van der Waals surface area contributed by atoms with Crippen molar-refractivity contribution < 1.29 is 9.15 Å². The second-order valence-corrected chi connectivity index (χ2v) is 6.99. The van der Waals surface area contributed by atoms with Crippen molar-refractivity contribution in [1.29, 1.82) is 0 Å². The molecule has 108 valence electrons. The normalized spacial score (nSPS) is 27.4. The van der Waals surface area contributed by atoms with Gasteiger partial charge in [-0.15, -0.1) is 0 Å². The Kier molecular flexibility index (Phi) is 2.92. The number of oxazole rings is 1. The summed E-state index contributed by atoms with van der Waals surface area (Å²) >= 11 is 0. The van der Waals surface area contributed by atoms with E-state index in [0.717, 1.165) is 11.1 Å². The van der Waals surface area contributed by atoms with Gasteiger partial charge in [-0.25, -0.2) is 4.98 Å². The first-order valence-corrected chi connectivity index (χ1v) is 7.05. The molecule has 2 unspecified atom stereocenters. The van der Waals surface area contributed by atoms with Gasteiger partial charge in [-0.3, -0.25) is 0 Å². The molecule has 0 aliphatic carbocycles. The van der Waals surface area contributed by atoms with Crippen LogP contribution in [0, 0.1) is 0 Å². The average molecular weight is 274 g/mol. The predicted molar refractivity (Wildman–Crippen MR) is 78.9 cm³/mol. The molecule has 4 nitrogen and oxygen atoms in total. The van der Waals surface area contributed by atoms with Gasteiger partial charge in [0.1, 0.15) is 5.52 Å². The minimum atomic E-state index is -0.332. The summed E-state index contributed by atoms with van der Waals surface area (Å²) in [6.07, 6.45) is 0. The van der Waals surface area contributed by atoms with E-state index < -0.39 is 0 Å². The molecule has 1 fully saturated rings. The van der Waals surface area contributed by atoms with Crippen molar-refractivity contribution in [3.63, 3.8) is 0 Å². The number of rotatable bonds is 1. The molecule has 1 aromatic carbocycles. The molecule has 2 heterocycles. The zero-order chi connectivity index (χ0) is 14.5. The number of nitrogens with two attached hydrogens (primary N) is 1. The molecule has 0 amide bonds. The highest BCUT2D eigenvalue weighted by atomic mass is 16.5. The molecule has 0 spiro atoms. The Balaban J connectivity index is 2.07. The maximum absolute atomic E-state index is 6.14. The summed E-state index contributed by atoms with van der Waals surface area (Å²) in [5, 5.41) is 0. The van der Waals surface area contributed by atoms with Crippen molar-refractivity contribution in [2.24, 2.45) is 5.73 Å². The van der Waals surface area contributed by atoms with E-state index in [0.29, 0.717) is 19.1 Å². The van der Waals surface area contributed by atoms with Gasteiger partial charge >= 0.3 is 0 Å². The van der Waals surface area contributed by atoms with E-state index >= 15 is 0 Å². The molecule has 1 aliphatic heterocycles. The van der Waals surface area contributed by atoms with Crippen molar-refractivity contribution in [2.45, 2.75) is 44.6 Å². The Morgan fingerprint density at radius 2 is 2.10 bits per heavy atom. The molecule has 0 bridgehead atoms. The van der Waals surface area contributed by atoms with Gasteiger partial charge in [-0.1, -0.05) is 26.8 Å². The molecule has 0 saturated carbocycles. The molecular weight excluding hydrogens is 252 g/mol. The van der Waals surface area contributed by atoms with Gasteiger partial charge in [0.2, 0.25) is 5.89 Å². The Bertz CT molecular complexity index is 641. The molecule has 4 heteroatoms. The van der Waals surface area contributed by atoms with Crippen LogP contribution in [0.3, 0.4) is 0 Å². The predicted octanol–water partition coefficient (Wildman–Crippen LogP) is 2.74. The van der Waals surface area contributed by atoms with Crippen LogP contribution < -0.4 is 5.73 Å². The summed E-state index contributed by atoms with van der Waals surface area (Å²) in [7, 11) is 0. The summed E-state index contributed by atoms with van der Waals surface area (Å²) in [6, 6.07) is 6.13. The van der Waals surface area contributed by atoms with Gasteiger partial charge in [0.05, 0.1) is 18.6 Å². The standard InChI is InChI=1S/C16H22N2O2/c1-15(2,3)10-5-6-12-11(7-10)18-14(20-12)16(4)9-19-8-13(16)17/h5-7,13H,8-9,17H2,1-4H3. The van der Waals surface area contributed by atoms with Gasteiger partial charge in [-0.05, 0) is 30.0 Å². The summed E-state index contributed by atoms with van der Waals surface area (Å²) in [5.41, 5.74) is 8.87. The fourth-order valence-electron chi connectivity index (χ4n) is 2.55. The average Bonchev–Trinajstić information content (AvgIpc) is 2.93. The van der Waals surface area contributed by atoms with E-state index in [2.05, 4.69) is 44.8 Å². The Hall–Kier alpha value is -1.39. The summed E-state index contributed by atoms with van der Waals surface area (Å²) in [4.78, 5) is 4.66. The fourth-order valence-corrected chi connectivity index (χ4v) is 2.55. The summed E-state index contributed by atoms with van der Waals surface area (Å²) in [6.45, 7) is 9.75. The molecule has 1 saturated heterocycles. The zero-order valence-corrected chi connectivity index (χ0v) is 12.6. The van der Waals surface area contributed by atoms with Crippen LogP contribution in [0.4, 0.5) is 0 Å².